The Morgan fingerprint density at radius 2 is 1.71 bits per heavy atom. The van der Waals surface area contributed by atoms with Gasteiger partial charge in [0.1, 0.15) is 11.3 Å². The summed E-state index contributed by atoms with van der Waals surface area (Å²) < 4.78 is 5.90. The van der Waals surface area contributed by atoms with Crippen LogP contribution in [0.15, 0.2) is 46.9 Å². The van der Waals surface area contributed by atoms with Crippen LogP contribution >= 0.6 is 34.8 Å². The van der Waals surface area contributed by atoms with E-state index in [0.717, 1.165) is 22.3 Å². The third-order valence-electron chi connectivity index (χ3n) is 3.36. The molecule has 1 aromatic heterocycles. The van der Waals surface area contributed by atoms with E-state index in [9.17, 15) is 0 Å². The summed E-state index contributed by atoms with van der Waals surface area (Å²) in [5.74, 6) is 0.741. The molecule has 108 valence electrons. The van der Waals surface area contributed by atoms with E-state index in [0.29, 0.717) is 15.1 Å². The van der Waals surface area contributed by atoms with Gasteiger partial charge in [-0.3, -0.25) is 0 Å². The number of rotatable bonds is 3. The van der Waals surface area contributed by atoms with Crippen molar-refractivity contribution < 1.29 is 4.42 Å². The van der Waals surface area contributed by atoms with Gasteiger partial charge in [0, 0.05) is 26.0 Å². The quantitative estimate of drug-likeness (QED) is 0.661. The number of halogens is 3. The Morgan fingerprint density at radius 1 is 1.00 bits per heavy atom. The second-order valence-electron chi connectivity index (χ2n) is 4.69. The fraction of sp³-hybridized carbons (Fsp3) is 0.125. The number of hydrogen-bond acceptors (Lipinski definition) is 2. The van der Waals surface area contributed by atoms with Gasteiger partial charge in [-0.25, -0.2) is 0 Å². The van der Waals surface area contributed by atoms with Crippen LogP contribution in [0.1, 0.15) is 17.4 Å². The normalized spacial score (nSPS) is 12.8. The highest BCUT2D eigenvalue weighted by Gasteiger charge is 2.22. The minimum absolute atomic E-state index is 0.225. The van der Waals surface area contributed by atoms with E-state index in [4.69, 9.17) is 39.2 Å². The smallest absolute Gasteiger partial charge is 0.134 e. The summed E-state index contributed by atoms with van der Waals surface area (Å²) in [5.41, 5.74) is 1.58. The molecule has 0 aliphatic heterocycles. The molecule has 1 atom stereocenters. The predicted octanol–water partition coefficient (Wildman–Crippen LogP) is 5.70. The van der Waals surface area contributed by atoms with E-state index in [1.165, 1.54) is 0 Å². The van der Waals surface area contributed by atoms with Crippen molar-refractivity contribution in [2.24, 2.45) is 0 Å². The number of benzene rings is 2. The molecule has 0 saturated carbocycles. The summed E-state index contributed by atoms with van der Waals surface area (Å²) in [7, 11) is 1.84. The summed E-state index contributed by atoms with van der Waals surface area (Å²) in [6.45, 7) is 0. The molecule has 3 aromatic rings. The Labute approximate surface area is 137 Å². The second-order valence-corrected chi connectivity index (χ2v) is 5.94. The van der Waals surface area contributed by atoms with Crippen molar-refractivity contribution in [3.8, 4) is 0 Å². The van der Waals surface area contributed by atoms with Crippen molar-refractivity contribution in [3.05, 3.63) is 68.9 Å². The third-order valence-corrected chi connectivity index (χ3v) is 4.25. The number of fused-ring (bicyclic) bond motifs is 1. The van der Waals surface area contributed by atoms with E-state index in [1.807, 2.05) is 43.4 Å². The van der Waals surface area contributed by atoms with Crippen LogP contribution in [0.2, 0.25) is 15.1 Å². The lowest BCUT2D eigenvalue weighted by Crippen LogP contribution is -2.17. The van der Waals surface area contributed by atoms with Crippen molar-refractivity contribution in [3.63, 3.8) is 0 Å². The third kappa shape index (κ3) is 2.77. The fourth-order valence-electron chi connectivity index (χ4n) is 2.39. The highest BCUT2D eigenvalue weighted by Crippen LogP contribution is 2.36. The maximum absolute atomic E-state index is 6.29. The predicted molar refractivity (Wildman–Crippen MR) is 88.6 cm³/mol. The van der Waals surface area contributed by atoms with E-state index in [-0.39, 0.29) is 6.04 Å². The molecule has 2 nitrogen and oxygen atoms in total. The molecule has 2 aromatic carbocycles. The SMILES string of the molecule is CNC(c1cc2cc(Cl)ccc2o1)c1c(Cl)cccc1Cl. The van der Waals surface area contributed by atoms with Gasteiger partial charge in [-0.2, -0.15) is 0 Å². The van der Waals surface area contributed by atoms with Crippen molar-refractivity contribution in [1.29, 1.82) is 0 Å². The summed E-state index contributed by atoms with van der Waals surface area (Å²) in [5, 5.41) is 6.01. The van der Waals surface area contributed by atoms with Gasteiger partial charge in [0.15, 0.2) is 0 Å². The zero-order chi connectivity index (χ0) is 15.0. The Hall–Kier alpha value is -1.19. The van der Waals surface area contributed by atoms with E-state index in [2.05, 4.69) is 5.32 Å². The summed E-state index contributed by atoms with van der Waals surface area (Å²) in [6.07, 6.45) is 0. The molecular formula is C16H12Cl3NO. The van der Waals surface area contributed by atoms with Gasteiger partial charge < -0.3 is 9.73 Å². The van der Waals surface area contributed by atoms with Crippen LogP contribution in [-0.4, -0.2) is 7.05 Å². The van der Waals surface area contributed by atoms with Gasteiger partial charge in [-0.1, -0.05) is 40.9 Å². The summed E-state index contributed by atoms with van der Waals surface area (Å²) in [6, 6.07) is 12.7. The van der Waals surface area contributed by atoms with Gasteiger partial charge in [0.25, 0.3) is 0 Å². The molecule has 0 fully saturated rings. The largest absolute Gasteiger partial charge is 0.459 e. The molecule has 1 N–H and O–H groups in total. The molecule has 0 bridgehead atoms. The lowest BCUT2D eigenvalue weighted by atomic mass is 10.0. The molecule has 1 heterocycles. The van der Waals surface area contributed by atoms with Gasteiger partial charge in [0.05, 0.1) is 6.04 Å². The molecule has 0 aliphatic rings. The van der Waals surface area contributed by atoms with Crippen LogP contribution in [0.4, 0.5) is 0 Å². The number of furan rings is 1. The molecule has 1 unspecified atom stereocenters. The first-order chi connectivity index (χ1) is 10.1. The van der Waals surface area contributed by atoms with Crippen LogP contribution in [0, 0.1) is 0 Å². The molecule has 0 spiro atoms. The molecule has 5 heteroatoms. The van der Waals surface area contributed by atoms with E-state index >= 15 is 0 Å². The standard InChI is InChI=1S/C16H12Cl3NO/c1-20-16(15-11(18)3-2-4-12(15)19)14-8-9-7-10(17)5-6-13(9)21-14/h2-8,16,20H,1H3. The monoisotopic (exact) mass is 339 g/mol. The van der Waals surface area contributed by atoms with Crippen molar-refractivity contribution in [2.45, 2.75) is 6.04 Å². The Kier molecular flexibility index (Phi) is 4.14. The van der Waals surface area contributed by atoms with E-state index < -0.39 is 0 Å². The van der Waals surface area contributed by atoms with Crippen LogP contribution < -0.4 is 5.32 Å². The summed E-state index contributed by atoms with van der Waals surface area (Å²) >= 11 is 18.6. The molecule has 0 saturated heterocycles. The van der Waals surface area contributed by atoms with Crippen LogP contribution in [-0.2, 0) is 0 Å². The van der Waals surface area contributed by atoms with Gasteiger partial charge in [-0.05, 0) is 43.4 Å². The van der Waals surface area contributed by atoms with Crippen molar-refractivity contribution in [1.82, 2.24) is 5.32 Å². The van der Waals surface area contributed by atoms with Crippen molar-refractivity contribution >= 4 is 45.8 Å². The highest BCUT2D eigenvalue weighted by atomic mass is 35.5. The lowest BCUT2D eigenvalue weighted by Gasteiger charge is -2.17. The van der Waals surface area contributed by atoms with Crippen LogP contribution in [0.3, 0.4) is 0 Å². The average molecular weight is 341 g/mol. The highest BCUT2D eigenvalue weighted by molar-refractivity contribution is 6.36. The number of hydrogen-bond donors (Lipinski definition) is 1. The maximum atomic E-state index is 6.29. The maximum Gasteiger partial charge on any atom is 0.134 e. The Morgan fingerprint density at radius 3 is 2.38 bits per heavy atom. The molecule has 21 heavy (non-hydrogen) atoms. The zero-order valence-corrected chi connectivity index (χ0v) is 13.4. The van der Waals surface area contributed by atoms with Crippen LogP contribution in [0.25, 0.3) is 11.0 Å². The number of nitrogens with one attached hydrogen (secondary N) is 1. The topological polar surface area (TPSA) is 25.2 Å². The first-order valence-electron chi connectivity index (χ1n) is 6.40. The zero-order valence-electron chi connectivity index (χ0n) is 11.2. The van der Waals surface area contributed by atoms with Crippen LogP contribution in [0.5, 0.6) is 0 Å². The minimum atomic E-state index is -0.225. The Balaban J connectivity index is 2.14. The molecular weight excluding hydrogens is 329 g/mol. The second kappa shape index (κ2) is 5.90. The molecule has 0 radical (unpaired) electrons. The molecule has 0 aliphatic carbocycles. The van der Waals surface area contributed by atoms with E-state index in [1.54, 1.807) is 6.07 Å². The van der Waals surface area contributed by atoms with Crippen molar-refractivity contribution in [2.75, 3.05) is 7.05 Å². The minimum Gasteiger partial charge on any atom is -0.459 e. The van der Waals surface area contributed by atoms with Gasteiger partial charge in [0.2, 0.25) is 0 Å². The average Bonchev–Trinajstić information content (AvgIpc) is 2.85. The Bertz CT molecular complexity index is 777. The lowest BCUT2D eigenvalue weighted by molar-refractivity contribution is 0.492. The van der Waals surface area contributed by atoms with Gasteiger partial charge >= 0.3 is 0 Å². The fourth-order valence-corrected chi connectivity index (χ4v) is 3.19. The first kappa shape index (κ1) is 14.7. The molecule has 3 rings (SSSR count). The van der Waals surface area contributed by atoms with Gasteiger partial charge in [-0.15, -0.1) is 0 Å². The first-order valence-corrected chi connectivity index (χ1v) is 7.53. The summed E-state index contributed by atoms with van der Waals surface area (Å²) in [4.78, 5) is 0. The molecule has 0 amide bonds.